The van der Waals surface area contributed by atoms with Crippen LogP contribution in [0.2, 0.25) is 0 Å². The number of aromatic nitrogens is 1. The second-order valence-electron chi connectivity index (χ2n) is 4.50. The highest BCUT2D eigenvalue weighted by atomic mass is 15.1. The Balaban J connectivity index is 2.27. The van der Waals surface area contributed by atoms with Gasteiger partial charge in [0.05, 0.1) is 0 Å². The summed E-state index contributed by atoms with van der Waals surface area (Å²) in [6.07, 6.45) is 4.07. The van der Waals surface area contributed by atoms with Gasteiger partial charge in [-0.3, -0.25) is 4.98 Å². The van der Waals surface area contributed by atoms with E-state index in [0.29, 0.717) is 6.04 Å². The Bertz CT molecular complexity index is 287. The van der Waals surface area contributed by atoms with Gasteiger partial charge < -0.3 is 10.2 Å². The quantitative estimate of drug-likeness (QED) is 0.746. The SMILES string of the molecule is CCNC(CC)CN(C)CCc1ccccn1. The van der Waals surface area contributed by atoms with Crippen LogP contribution in [0.1, 0.15) is 26.0 Å². The Kier molecular flexibility index (Phi) is 6.82. The van der Waals surface area contributed by atoms with E-state index in [9.17, 15) is 0 Å². The fraction of sp³-hybridized carbons (Fsp3) is 0.643. The topological polar surface area (TPSA) is 28.2 Å². The second kappa shape index (κ2) is 8.20. The maximum absolute atomic E-state index is 4.34. The predicted octanol–water partition coefficient (Wildman–Crippen LogP) is 1.94. The Labute approximate surface area is 105 Å². The highest BCUT2D eigenvalue weighted by Gasteiger charge is 2.08. The van der Waals surface area contributed by atoms with Crippen molar-refractivity contribution in [2.75, 3.05) is 26.7 Å². The molecule has 1 unspecified atom stereocenters. The average molecular weight is 235 g/mol. The van der Waals surface area contributed by atoms with Crippen LogP contribution in [-0.4, -0.2) is 42.6 Å². The summed E-state index contributed by atoms with van der Waals surface area (Å²) < 4.78 is 0. The number of nitrogens with zero attached hydrogens (tertiary/aromatic N) is 2. The molecule has 1 N–H and O–H groups in total. The van der Waals surface area contributed by atoms with Gasteiger partial charge in [-0.05, 0) is 32.1 Å². The number of likely N-dealkylation sites (N-methyl/N-ethyl adjacent to an activating group) is 2. The summed E-state index contributed by atoms with van der Waals surface area (Å²) in [6.45, 7) is 7.62. The van der Waals surface area contributed by atoms with E-state index in [1.165, 1.54) is 12.1 Å². The molecule has 0 fully saturated rings. The number of hydrogen-bond acceptors (Lipinski definition) is 3. The third-order valence-corrected chi connectivity index (χ3v) is 2.99. The van der Waals surface area contributed by atoms with Crippen molar-refractivity contribution in [3.63, 3.8) is 0 Å². The van der Waals surface area contributed by atoms with Crippen LogP contribution < -0.4 is 5.32 Å². The molecule has 0 spiro atoms. The van der Waals surface area contributed by atoms with E-state index in [4.69, 9.17) is 0 Å². The molecule has 3 heteroatoms. The summed E-state index contributed by atoms with van der Waals surface area (Å²) >= 11 is 0. The zero-order valence-electron chi connectivity index (χ0n) is 11.3. The minimum Gasteiger partial charge on any atom is -0.313 e. The Morgan fingerprint density at radius 2 is 2.18 bits per heavy atom. The molecule has 0 aromatic carbocycles. The van der Waals surface area contributed by atoms with Crippen molar-refractivity contribution in [1.29, 1.82) is 0 Å². The zero-order chi connectivity index (χ0) is 12.5. The van der Waals surface area contributed by atoms with Gasteiger partial charge in [0.1, 0.15) is 0 Å². The largest absolute Gasteiger partial charge is 0.313 e. The van der Waals surface area contributed by atoms with Crippen LogP contribution >= 0.6 is 0 Å². The molecular formula is C14H25N3. The molecule has 1 heterocycles. The molecule has 1 rings (SSSR count). The summed E-state index contributed by atoms with van der Waals surface area (Å²) in [5, 5.41) is 3.50. The third kappa shape index (κ3) is 5.80. The minimum absolute atomic E-state index is 0.605. The van der Waals surface area contributed by atoms with Crippen LogP contribution in [0.25, 0.3) is 0 Å². The van der Waals surface area contributed by atoms with Gasteiger partial charge in [0.25, 0.3) is 0 Å². The molecular weight excluding hydrogens is 210 g/mol. The number of hydrogen-bond donors (Lipinski definition) is 1. The van der Waals surface area contributed by atoms with E-state index in [2.05, 4.69) is 48.2 Å². The van der Waals surface area contributed by atoms with Crippen molar-refractivity contribution in [3.8, 4) is 0 Å². The molecule has 96 valence electrons. The smallest absolute Gasteiger partial charge is 0.0416 e. The van der Waals surface area contributed by atoms with Gasteiger partial charge in [-0.25, -0.2) is 0 Å². The van der Waals surface area contributed by atoms with Crippen molar-refractivity contribution in [3.05, 3.63) is 30.1 Å². The Hall–Kier alpha value is -0.930. The van der Waals surface area contributed by atoms with Crippen LogP contribution in [0, 0.1) is 0 Å². The van der Waals surface area contributed by atoms with Gasteiger partial charge in [-0.1, -0.05) is 19.9 Å². The average Bonchev–Trinajstić information content (AvgIpc) is 2.37. The Morgan fingerprint density at radius 3 is 2.76 bits per heavy atom. The maximum atomic E-state index is 4.34. The number of nitrogens with one attached hydrogen (secondary N) is 1. The van der Waals surface area contributed by atoms with E-state index >= 15 is 0 Å². The van der Waals surface area contributed by atoms with Gasteiger partial charge >= 0.3 is 0 Å². The van der Waals surface area contributed by atoms with Gasteiger partial charge in [-0.15, -0.1) is 0 Å². The molecule has 1 atom stereocenters. The Morgan fingerprint density at radius 1 is 1.35 bits per heavy atom. The molecule has 0 amide bonds. The minimum atomic E-state index is 0.605. The molecule has 1 aromatic heterocycles. The lowest BCUT2D eigenvalue weighted by Gasteiger charge is -2.23. The first-order valence-electron chi connectivity index (χ1n) is 6.58. The van der Waals surface area contributed by atoms with Crippen molar-refractivity contribution in [2.45, 2.75) is 32.7 Å². The standard InChI is InChI=1S/C14H25N3/c1-4-13(15-5-2)12-17(3)11-9-14-8-6-7-10-16-14/h6-8,10,13,15H,4-5,9,11-12H2,1-3H3. The zero-order valence-corrected chi connectivity index (χ0v) is 11.3. The third-order valence-electron chi connectivity index (χ3n) is 2.99. The van der Waals surface area contributed by atoms with Crippen LogP contribution in [-0.2, 0) is 6.42 Å². The first-order valence-corrected chi connectivity index (χ1v) is 6.58. The molecule has 3 nitrogen and oxygen atoms in total. The first-order chi connectivity index (χ1) is 8.26. The molecule has 0 bridgehead atoms. The highest BCUT2D eigenvalue weighted by molar-refractivity contribution is 5.03. The molecule has 0 radical (unpaired) electrons. The predicted molar refractivity (Wildman–Crippen MR) is 73.2 cm³/mol. The second-order valence-corrected chi connectivity index (χ2v) is 4.50. The number of pyridine rings is 1. The molecule has 0 aliphatic carbocycles. The monoisotopic (exact) mass is 235 g/mol. The fourth-order valence-electron chi connectivity index (χ4n) is 1.95. The van der Waals surface area contributed by atoms with Crippen molar-refractivity contribution >= 4 is 0 Å². The summed E-state index contributed by atoms with van der Waals surface area (Å²) in [7, 11) is 2.18. The van der Waals surface area contributed by atoms with Gasteiger partial charge in [0, 0.05) is 37.4 Å². The molecule has 1 aromatic rings. The van der Waals surface area contributed by atoms with Crippen molar-refractivity contribution in [1.82, 2.24) is 15.2 Å². The van der Waals surface area contributed by atoms with Gasteiger partial charge in [0.2, 0.25) is 0 Å². The van der Waals surface area contributed by atoms with E-state index in [0.717, 1.165) is 26.1 Å². The number of rotatable bonds is 8. The molecule has 17 heavy (non-hydrogen) atoms. The normalized spacial score (nSPS) is 12.9. The van der Waals surface area contributed by atoms with Crippen LogP contribution in [0.5, 0.6) is 0 Å². The summed E-state index contributed by atoms with van der Waals surface area (Å²) in [5.41, 5.74) is 1.18. The van der Waals surface area contributed by atoms with Crippen molar-refractivity contribution in [2.24, 2.45) is 0 Å². The fourth-order valence-corrected chi connectivity index (χ4v) is 1.95. The first kappa shape index (κ1) is 14.1. The van der Waals surface area contributed by atoms with E-state index < -0.39 is 0 Å². The lowest BCUT2D eigenvalue weighted by Crippen LogP contribution is -2.39. The summed E-state index contributed by atoms with van der Waals surface area (Å²) in [5.74, 6) is 0. The van der Waals surface area contributed by atoms with Gasteiger partial charge in [0.15, 0.2) is 0 Å². The summed E-state index contributed by atoms with van der Waals surface area (Å²) in [4.78, 5) is 6.72. The lowest BCUT2D eigenvalue weighted by atomic mass is 10.2. The van der Waals surface area contributed by atoms with Crippen LogP contribution in [0.15, 0.2) is 24.4 Å². The van der Waals surface area contributed by atoms with E-state index in [1.807, 2.05) is 12.3 Å². The highest BCUT2D eigenvalue weighted by Crippen LogP contribution is 1.99. The maximum Gasteiger partial charge on any atom is 0.0416 e. The lowest BCUT2D eigenvalue weighted by molar-refractivity contribution is 0.288. The van der Waals surface area contributed by atoms with Crippen LogP contribution in [0.3, 0.4) is 0 Å². The molecule has 0 aliphatic rings. The van der Waals surface area contributed by atoms with Gasteiger partial charge in [-0.2, -0.15) is 0 Å². The summed E-state index contributed by atoms with van der Waals surface area (Å²) in [6, 6.07) is 6.71. The van der Waals surface area contributed by atoms with Crippen molar-refractivity contribution < 1.29 is 0 Å². The van der Waals surface area contributed by atoms with Crippen LogP contribution in [0.4, 0.5) is 0 Å². The van der Waals surface area contributed by atoms with E-state index in [1.54, 1.807) is 0 Å². The van der Waals surface area contributed by atoms with E-state index in [-0.39, 0.29) is 0 Å². The molecule has 0 saturated heterocycles. The molecule has 0 saturated carbocycles. The molecule has 0 aliphatic heterocycles.